The lowest BCUT2D eigenvalue weighted by Crippen LogP contribution is -2.38. The highest BCUT2D eigenvalue weighted by Crippen LogP contribution is 2.29. The summed E-state index contributed by atoms with van der Waals surface area (Å²) < 4.78 is 6.94. The molecule has 2 rings (SSSR count). The molecular formula is C15H21BrN2OS. The van der Waals surface area contributed by atoms with Crippen LogP contribution >= 0.6 is 27.3 Å². The Morgan fingerprint density at radius 2 is 2.20 bits per heavy atom. The van der Waals surface area contributed by atoms with Crippen molar-refractivity contribution in [3.8, 4) is 0 Å². The Morgan fingerprint density at radius 3 is 2.70 bits per heavy atom. The molecule has 2 aromatic heterocycles. The number of nitrogens with zero attached hydrogens (tertiary/aromatic N) is 1. The second kappa shape index (κ2) is 6.89. The van der Waals surface area contributed by atoms with Gasteiger partial charge in [0.05, 0.1) is 6.04 Å². The number of aryl methyl sites for hydroxylation is 1. The summed E-state index contributed by atoms with van der Waals surface area (Å²) in [5.41, 5.74) is 6.31. The first-order valence-corrected chi connectivity index (χ1v) is 8.43. The molecule has 2 atom stereocenters. The third-order valence-corrected chi connectivity index (χ3v) is 5.11. The summed E-state index contributed by atoms with van der Waals surface area (Å²) in [6, 6.07) is 6.36. The molecule has 0 aromatic carbocycles. The first-order chi connectivity index (χ1) is 9.51. The van der Waals surface area contributed by atoms with E-state index >= 15 is 0 Å². The molecule has 0 spiro atoms. The number of likely N-dealkylation sites (N-methyl/N-ethyl adjacent to an activating group) is 1. The lowest BCUT2D eigenvalue weighted by molar-refractivity contribution is 0.175. The normalized spacial score (nSPS) is 14.7. The van der Waals surface area contributed by atoms with E-state index in [4.69, 9.17) is 10.2 Å². The highest BCUT2D eigenvalue weighted by molar-refractivity contribution is 9.10. The average molecular weight is 357 g/mol. The lowest BCUT2D eigenvalue weighted by atomic mass is 10.0. The Hall–Kier alpha value is -0.620. The van der Waals surface area contributed by atoms with Gasteiger partial charge in [-0.3, -0.25) is 4.90 Å². The molecule has 2 unspecified atom stereocenters. The van der Waals surface area contributed by atoms with E-state index in [2.05, 4.69) is 46.2 Å². The van der Waals surface area contributed by atoms with Gasteiger partial charge in [0.15, 0.2) is 0 Å². The second-order valence-electron chi connectivity index (χ2n) is 5.11. The van der Waals surface area contributed by atoms with Crippen LogP contribution in [-0.2, 0) is 6.54 Å². The number of nitrogens with two attached hydrogens (primary N) is 1. The van der Waals surface area contributed by atoms with Crippen molar-refractivity contribution in [3.05, 3.63) is 44.4 Å². The Labute approximate surface area is 132 Å². The number of halogens is 1. The molecule has 110 valence electrons. The lowest BCUT2D eigenvalue weighted by Gasteiger charge is -2.30. The predicted molar refractivity (Wildman–Crippen MR) is 87.9 cm³/mol. The molecule has 20 heavy (non-hydrogen) atoms. The maximum atomic E-state index is 6.31. The number of thiophene rings is 1. The zero-order valence-electron chi connectivity index (χ0n) is 12.1. The summed E-state index contributed by atoms with van der Waals surface area (Å²) >= 11 is 5.25. The minimum atomic E-state index is 0.0638. The van der Waals surface area contributed by atoms with Gasteiger partial charge in [-0.05, 0) is 54.5 Å². The molecule has 2 heterocycles. The minimum absolute atomic E-state index is 0.0638. The van der Waals surface area contributed by atoms with Crippen LogP contribution < -0.4 is 5.73 Å². The molecule has 0 saturated carbocycles. The maximum absolute atomic E-state index is 6.31. The van der Waals surface area contributed by atoms with Crippen LogP contribution in [0.2, 0.25) is 0 Å². The van der Waals surface area contributed by atoms with Crippen LogP contribution in [0, 0.1) is 6.92 Å². The minimum Gasteiger partial charge on any atom is -0.465 e. The largest absolute Gasteiger partial charge is 0.465 e. The van der Waals surface area contributed by atoms with Gasteiger partial charge in [0.2, 0.25) is 0 Å². The van der Waals surface area contributed by atoms with Gasteiger partial charge in [-0.15, -0.1) is 11.3 Å². The monoisotopic (exact) mass is 356 g/mol. The standard InChI is InChI=1S/C15H21BrN2OS/c1-4-13(17)15(14-6-5-10(2)19-14)18(3)8-12-7-11(16)9-20-12/h5-7,9,13,15H,4,8,17H2,1-3H3. The smallest absolute Gasteiger partial charge is 0.122 e. The van der Waals surface area contributed by atoms with Crippen molar-refractivity contribution in [2.75, 3.05) is 7.05 Å². The molecule has 2 aromatic rings. The summed E-state index contributed by atoms with van der Waals surface area (Å²) in [5, 5.41) is 2.11. The Bertz CT molecular complexity index is 552. The van der Waals surface area contributed by atoms with E-state index in [1.54, 1.807) is 11.3 Å². The van der Waals surface area contributed by atoms with Gasteiger partial charge in [0, 0.05) is 27.3 Å². The van der Waals surface area contributed by atoms with E-state index in [0.29, 0.717) is 0 Å². The van der Waals surface area contributed by atoms with Gasteiger partial charge in [0.1, 0.15) is 11.5 Å². The third-order valence-electron chi connectivity index (χ3n) is 3.43. The molecule has 5 heteroatoms. The number of hydrogen-bond acceptors (Lipinski definition) is 4. The summed E-state index contributed by atoms with van der Waals surface area (Å²) in [5.74, 6) is 1.88. The molecular weight excluding hydrogens is 336 g/mol. The van der Waals surface area contributed by atoms with Crippen molar-refractivity contribution < 1.29 is 4.42 Å². The van der Waals surface area contributed by atoms with Crippen LogP contribution in [0.3, 0.4) is 0 Å². The molecule has 0 bridgehead atoms. The number of hydrogen-bond donors (Lipinski definition) is 1. The molecule has 3 nitrogen and oxygen atoms in total. The summed E-state index contributed by atoms with van der Waals surface area (Å²) in [7, 11) is 2.10. The van der Waals surface area contributed by atoms with Crippen LogP contribution in [0.15, 0.2) is 32.5 Å². The summed E-state index contributed by atoms with van der Waals surface area (Å²) in [4.78, 5) is 3.58. The summed E-state index contributed by atoms with van der Waals surface area (Å²) in [6.45, 7) is 4.95. The first-order valence-electron chi connectivity index (χ1n) is 6.76. The highest BCUT2D eigenvalue weighted by atomic mass is 79.9. The quantitative estimate of drug-likeness (QED) is 0.837. The van der Waals surface area contributed by atoms with Crippen LogP contribution in [0.4, 0.5) is 0 Å². The van der Waals surface area contributed by atoms with E-state index in [1.807, 2.05) is 19.1 Å². The zero-order chi connectivity index (χ0) is 14.7. The van der Waals surface area contributed by atoms with Crippen LogP contribution in [0.5, 0.6) is 0 Å². The topological polar surface area (TPSA) is 42.4 Å². The van der Waals surface area contributed by atoms with Crippen molar-refractivity contribution in [2.45, 2.75) is 38.9 Å². The molecule has 2 N–H and O–H groups in total. The van der Waals surface area contributed by atoms with Crippen LogP contribution in [-0.4, -0.2) is 18.0 Å². The van der Waals surface area contributed by atoms with Crippen molar-refractivity contribution in [3.63, 3.8) is 0 Å². The molecule has 0 saturated heterocycles. The fraction of sp³-hybridized carbons (Fsp3) is 0.467. The van der Waals surface area contributed by atoms with Gasteiger partial charge in [-0.25, -0.2) is 0 Å². The zero-order valence-corrected chi connectivity index (χ0v) is 14.5. The molecule has 0 fully saturated rings. The van der Waals surface area contributed by atoms with E-state index < -0.39 is 0 Å². The molecule has 0 aliphatic carbocycles. The fourth-order valence-electron chi connectivity index (χ4n) is 2.37. The molecule has 0 amide bonds. The van der Waals surface area contributed by atoms with Gasteiger partial charge in [-0.2, -0.15) is 0 Å². The van der Waals surface area contributed by atoms with Crippen LogP contribution in [0.1, 0.15) is 35.8 Å². The van der Waals surface area contributed by atoms with Crippen LogP contribution in [0.25, 0.3) is 0 Å². The predicted octanol–water partition coefficient (Wildman–Crippen LogP) is 4.32. The first kappa shape index (κ1) is 15.8. The molecule has 0 aliphatic heterocycles. The Kier molecular flexibility index (Phi) is 5.43. The van der Waals surface area contributed by atoms with Crippen molar-refractivity contribution in [2.24, 2.45) is 5.73 Å². The van der Waals surface area contributed by atoms with Crippen molar-refractivity contribution >= 4 is 27.3 Å². The fourth-order valence-corrected chi connectivity index (χ4v) is 3.89. The molecule has 0 radical (unpaired) electrons. The van der Waals surface area contributed by atoms with E-state index in [-0.39, 0.29) is 12.1 Å². The Balaban J connectivity index is 2.17. The highest BCUT2D eigenvalue weighted by Gasteiger charge is 2.26. The van der Waals surface area contributed by atoms with E-state index in [9.17, 15) is 0 Å². The molecule has 0 aliphatic rings. The Morgan fingerprint density at radius 1 is 1.45 bits per heavy atom. The average Bonchev–Trinajstić information content (AvgIpc) is 2.99. The van der Waals surface area contributed by atoms with Crippen molar-refractivity contribution in [1.82, 2.24) is 4.90 Å². The summed E-state index contributed by atoms with van der Waals surface area (Å²) in [6.07, 6.45) is 0.920. The number of rotatable bonds is 6. The van der Waals surface area contributed by atoms with E-state index in [0.717, 1.165) is 29.0 Å². The van der Waals surface area contributed by atoms with E-state index in [1.165, 1.54) is 4.88 Å². The van der Waals surface area contributed by atoms with Gasteiger partial charge in [-0.1, -0.05) is 6.92 Å². The van der Waals surface area contributed by atoms with Crippen molar-refractivity contribution in [1.29, 1.82) is 0 Å². The van der Waals surface area contributed by atoms with Gasteiger partial charge >= 0.3 is 0 Å². The van der Waals surface area contributed by atoms with Gasteiger partial charge < -0.3 is 10.2 Å². The second-order valence-corrected chi connectivity index (χ2v) is 7.02. The van der Waals surface area contributed by atoms with Gasteiger partial charge in [0.25, 0.3) is 0 Å². The third kappa shape index (κ3) is 3.73. The maximum Gasteiger partial charge on any atom is 0.122 e. The SMILES string of the molecule is CCC(N)C(c1ccc(C)o1)N(C)Cc1cc(Br)cs1. The number of furan rings is 1.